The van der Waals surface area contributed by atoms with Crippen molar-refractivity contribution in [2.24, 2.45) is 11.5 Å². The molecule has 4 N–H and O–H groups in total. The number of hydrogen-bond acceptors (Lipinski definition) is 4. The molecule has 0 radical (unpaired) electrons. The number of nitrogens with zero attached hydrogens (tertiary/aromatic N) is 1. The number of methoxy groups -OCH3 is 1. The van der Waals surface area contributed by atoms with Gasteiger partial charge in [0.25, 0.3) is 0 Å². The van der Waals surface area contributed by atoms with Crippen molar-refractivity contribution < 1.29 is 9.53 Å². The molecule has 0 bridgehead atoms. The van der Waals surface area contributed by atoms with Crippen molar-refractivity contribution in [2.45, 2.75) is 19.4 Å². The molecule has 0 spiro atoms. The monoisotopic (exact) mass is 203 g/mol. The van der Waals surface area contributed by atoms with Gasteiger partial charge in [-0.25, -0.2) is 0 Å². The first-order chi connectivity index (χ1) is 6.61. The van der Waals surface area contributed by atoms with Gasteiger partial charge in [0.05, 0.1) is 12.6 Å². The average molecular weight is 203 g/mol. The van der Waals surface area contributed by atoms with Crippen molar-refractivity contribution in [1.82, 2.24) is 4.90 Å². The van der Waals surface area contributed by atoms with Crippen molar-refractivity contribution >= 4 is 5.91 Å². The quantitative estimate of drug-likeness (QED) is 0.539. The van der Waals surface area contributed by atoms with E-state index in [9.17, 15) is 4.79 Å². The van der Waals surface area contributed by atoms with Gasteiger partial charge in [-0.1, -0.05) is 6.92 Å². The predicted molar refractivity (Wildman–Crippen MR) is 55.8 cm³/mol. The summed E-state index contributed by atoms with van der Waals surface area (Å²) in [5.41, 5.74) is 10.6. The van der Waals surface area contributed by atoms with Crippen LogP contribution in [-0.2, 0) is 9.53 Å². The number of hydrogen-bond donors (Lipinski definition) is 2. The Morgan fingerprint density at radius 3 is 2.57 bits per heavy atom. The maximum absolute atomic E-state index is 10.7. The molecule has 0 aromatic rings. The second kappa shape index (κ2) is 7.73. The molecule has 84 valence electrons. The van der Waals surface area contributed by atoms with Crippen LogP contribution in [0.5, 0.6) is 0 Å². The van der Waals surface area contributed by atoms with Crippen LogP contribution in [0.2, 0.25) is 0 Å². The van der Waals surface area contributed by atoms with Gasteiger partial charge in [0, 0.05) is 20.2 Å². The highest BCUT2D eigenvalue weighted by Gasteiger charge is 2.10. The molecule has 0 heterocycles. The average Bonchev–Trinajstić information content (AvgIpc) is 2.17. The number of primary amides is 1. The predicted octanol–water partition coefficient (Wildman–Crippen LogP) is -0.843. The SMILES string of the molecule is CCN(CCOC)CCC(N)C(N)=O. The molecular weight excluding hydrogens is 182 g/mol. The van der Waals surface area contributed by atoms with Crippen molar-refractivity contribution in [2.75, 3.05) is 33.4 Å². The van der Waals surface area contributed by atoms with E-state index in [-0.39, 0.29) is 0 Å². The Hall–Kier alpha value is -0.650. The first-order valence-corrected chi connectivity index (χ1v) is 4.88. The lowest BCUT2D eigenvalue weighted by Gasteiger charge is -2.20. The molecule has 0 aliphatic rings. The highest BCUT2D eigenvalue weighted by molar-refractivity contribution is 5.79. The second-order valence-electron chi connectivity index (χ2n) is 3.22. The van der Waals surface area contributed by atoms with E-state index in [1.54, 1.807) is 7.11 Å². The standard InChI is InChI=1S/C9H21N3O2/c1-3-12(6-7-14-2)5-4-8(10)9(11)13/h8H,3-7,10H2,1-2H3,(H2,11,13). The third kappa shape index (κ3) is 5.90. The Kier molecular flexibility index (Phi) is 7.37. The van der Waals surface area contributed by atoms with Crippen molar-refractivity contribution in [3.05, 3.63) is 0 Å². The molecule has 0 aliphatic carbocycles. The number of carbonyl (C=O) groups is 1. The van der Waals surface area contributed by atoms with E-state index in [1.165, 1.54) is 0 Å². The van der Waals surface area contributed by atoms with Gasteiger partial charge >= 0.3 is 0 Å². The largest absolute Gasteiger partial charge is 0.383 e. The van der Waals surface area contributed by atoms with Crippen LogP contribution in [0.25, 0.3) is 0 Å². The number of nitrogens with two attached hydrogens (primary N) is 2. The van der Waals surface area contributed by atoms with Crippen molar-refractivity contribution in [1.29, 1.82) is 0 Å². The summed E-state index contributed by atoms with van der Waals surface area (Å²) in [4.78, 5) is 12.8. The van der Waals surface area contributed by atoms with E-state index in [4.69, 9.17) is 16.2 Å². The van der Waals surface area contributed by atoms with Crippen LogP contribution in [0.3, 0.4) is 0 Å². The molecule has 1 atom stereocenters. The summed E-state index contributed by atoms with van der Waals surface area (Å²) < 4.78 is 4.96. The fourth-order valence-electron chi connectivity index (χ4n) is 1.11. The maximum Gasteiger partial charge on any atom is 0.234 e. The van der Waals surface area contributed by atoms with Crippen LogP contribution >= 0.6 is 0 Å². The van der Waals surface area contributed by atoms with E-state index in [0.717, 1.165) is 19.6 Å². The van der Waals surface area contributed by atoms with Crippen molar-refractivity contribution in [3.63, 3.8) is 0 Å². The van der Waals surface area contributed by atoms with Crippen LogP contribution in [0.15, 0.2) is 0 Å². The minimum Gasteiger partial charge on any atom is -0.383 e. The molecule has 0 aliphatic heterocycles. The number of amides is 1. The minimum absolute atomic E-state index is 0.437. The molecule has 5 heteroatoms. The summed E-state index contributed by atoms with van der Waals surface area (Å²) in [6.45, 7) is 5.32. The molecule has 0 aromatic heterocycles. The molecule has 1 amide bonds. The molecule has 0 rings (SSSR count). The molecule has 0 saturated carbocycles. The molecular formula is C9H21N3O2. The van der Waals surface area contributed by atoms with Crippen molar-refractivity contribution in [3.8, 4) is 0 Å². The summed E-state index contributed by atoms with van der Waals surface area (Å²) in [6.07, 6.45) is 0.604. The lowest BCUT2D eigenvalue weighted by Crippen LogP contribution is -2.40. The summed E-state index contributed by atoms with van der Waals surface area (Å²) in [5.74, 6) is -0.437. The summed E-state index contributed by atoms with van der Waals surface area (Å²) in [6, 6.07) is -0.536. The van der Waals surface area contributed by atoms with Gasteiger partial charge in [-0.2, -0.15) is 0 Å². The normalized spacial score (nSPS) is 13.1. The maximum atomic E-state index is 10.7. The fourth-order valence-corrected chi connectivity index (χ4v) is 1.11. The van der Waals surface area contributed by atoms with E-state index in [2.05, 4.69) is 11.8 Å². The first-order valence-electron chi connectivity index (χ1n) is 4.88. The van der Waals surface area contributed by atoms with Gasteiger partial charge in [0.15, 0.2) is 0 Å². The van der Waals surface area contributed by atoms with Crippen LogP contribution in [0.4, 0.5) is 0 Å². The third-order valence-electron chi connectivity index (χ3n) is 2.18. The van der Waals surface area contributed by atoms with E-state index in [1.807, 2.05) is 0 Å². The fraction of sp³-hybridized carbons (Fsp3) is 0.889. The highest BCUT2D eigenvalue weighted by atomic mass is 16.5. The van der Waals surface area contributed by atoms with Crippen LogP contribution in [0, 0.1) is 0 Å². The molecule has 0 fully saturated rings. The number of carbonyl (C=O) groups excluding carboxylic acids is 1. The Labute approximate surface area is 85.4 Å². The number of likely N-dealkylation sites (N-methyl/N-ethyl adjacent to an activating group) is 1. The number of ether oxygens (including phenoxy) is 1. The van der Waals surface area contributed by atoms with Gasteiger partial charge in [-0.05, 0) is 13.0 Å². The summed E-state index contributed by atoms with van der Waals surface area (Å²) >= 11 is 0. The Balaban J connectivity index is 3.66. The molecule has 0 aromatic carbocycles. The minimum atomic E-state index is -0.536. The van der Waals surface area contributed by atoms with Gasteiger partial charge < -0.3 is 21.1 Å². The molecule has 14 heavy (non-hydrogen) atoms. The molecule has 0 saturated heterocycles. The Bertz CT molecular complexity index is 164. The summed E-state index contributed by atoms with van der Waals surface area (Å²) in [7, 11) is 1.67. The zero-order chi connectivity index (χ0) is 11.0. The highest BCUT2D eigenvalue weighted by Crippen LogP contribution is 1.94. The zero-order valence-electron chi connectivity index (χ0n) is 9.03. The van der Waals surface area contributed by atoms with Gasteiger partial charge in [-0.3, -0.25) is 4.79 Å². The first kappa shape index (κ1) is 13.4. The van der Waals surface area contributed by atoms with Crippen LogP contribution in [-0.4, -0.2) is 50.2 Å². The molecule has 5 nitrogen and oxygen atoms in total. The molecule has 1 unspecified atom stereocenters. The van der Waals surface area contributed by atoms with E-state index in [0.29, 0.717) is 13.0 Å². The zero-order valence-corrected chi connectivity index (χ0v) is 9.03. The Morgan fingerprint density at radius 2 is 2.14 bits per heavy atom. The van der Waals surface area contributed by atoms with Gasteiger partial charge in [0.1, 0.15) is 0 Å². The van der Waals surface area contributed by atoms with Crippen LogP contribution in [0.1, 0.15) is 13.3 Å². The lowest BCUT2D eigenvalue weighted by atomic mass is 10.2. The van der Waals surface area contributed by atoms with Gasteiger partial charge in [-0.15, -0.1) is 0 Å². The smallest absolute Gasteiger partial charge is 0.234 e. The Morgan fingerprint density at radius 1 is 1.50 bits per heavy atom. The van der Waals surface area contributed by atoms with E-state index < -0.39 is 11.9 Å². The number of rotatable bonds is 8. The second-order valence-corrected chi connectivity index (χ2v) is 3.22. The topological polar surface area (TPSA) is 81.6 Å². The third-order valence-corrected chi connectivity index (χ3v) is 2.18. The van der Waals surface area contributed by atoms with Gasteiger partial charge in [0.2, 0.25) is 5.91 Å². The lowest BCUT2D eigenvalue weighted by molar-refractivity contribution is -0.119. The van der Waals surface area contributed by atoms with Crippen LogP contribution < -0.4 is 11.5 Å². The summed E-state index contributed by atoms with van der Waals surface area (Å²) in [5, 5.41) is 0. The van der Waals surface area contributed by atoms with E-state index >= 15 is 0 Å².